The summed E-state index contributed by atoms with van der Waals surface area (Å²) >= 11 is 13.2. The fourth-order valence-electron chi connectivity index (χ4n) is 3.94. The molecule has 0 bridgehead atoms. The molecule has 0 unspecified atom stereocenters. The van der Waals surface area contributed by atoms with Crippen molar-refractivity contribution < 1.29 is 4.79 Å². The number of rotatable bonds is 3. The van der Waals surface area contributed by atoms with E-state index in [1.165, 1.54) is 0 Å². The van der Waals surface area contributed by atoms with E-state index in [0.717, 1.165) is 33.8 Å². The van der Waals surface area contributed by atoms with Crippen LogP contribution in [0.3, 0.4) is 0 Å². The third-order valence-electron chi connectivity index (χ3n) is 5.51. The smallest absolute Gasteiger partial charge is 0.272 e. The molecule has 30 heavy (non-hydrogen) atoms. The second-order valence-corrected chi connectivity index (χ2v) is 9.27. The zero-order valence-corrected chi connectivity index (χ0v) is 18.4. The van der Waals surface area contributed by atoms with Crippen molar-refractivity contribution >= 4 is 51.3 Å². The lowest BCUT2D eigenvalue weighted by Gasteiger charge is -2.31. The first-order chi connectivity index (χ1) is 14.6. The van der Waals surface area contributed by atoms with E-state index < -0.39 is 0 Å². The molecule has 1 aliphatic rings. The van der Waals surface area contributed by atoms with Gasteiger partial charge in [-0.3, -0.25) is 9.36 Å². The highest BCUT2D eigenvalue weighted by Gasteiger charge is 2.28. The van der Waals surface area contributed by atoms with Gasteiger partial charge < -0.3 is 9.88 Å². The van der Waals surface area contributed by atoms with E-state index in [2.05, 4.69) is 4.98 Å². The van der Waals surface area contributed by atoms with Gasteiger partial charge in [-0.2, -0.15) is 0 Å². The number of thiazole rings is 1. The molecule has 1 aliphatic heterocycles. The Balaban J connectivity index is 1.33. The van der Waals surface area contributed by atoms with Crippen molar-refractivity contribution in [2.75, 3.05) is 13.1 Å². The summed E-state index contributed by atoms with van der Waals surface area (Å²) in [5, 5.41) is 1.84. The summed E-state index contributed by atoms with van der Waals surface area (Å²) in [5.74, 6) is 0.368. The number of hydrogen-bond donors (Lipinski definition) is 1. The summed E-state index contributed by atoms with van der Waals surface area (Å²) in [6.07, 6.45) is 3.51. The predicted molar refractivity (Wildman–Crippen MR) is 123 cm³/mol. The maximum atomic E-state index is 13.2. The van der Waals surface area contributed by atoms with Crippen LogP contribution in [0.4, 0.5) is 0 Å². The van der Waals surface area contributed by atoms with Crippen LogP contribution >= 0.6 is 35.2 Å². The summed E-state index contributed by atoms with van der Waals surface area (Å²) in [4.78, 5) is 23.0. The number of nitrogens with zero attached hydrogens (tertiary/aromatic N) is 3. The number of nitrogens with one attached hydrogen (secondary N) is 1. The normalized spacial score (nSPS) is 15.0. The number of benzene rings is 2. The fraction of sp³-hybridized carbons (Fsp3) is 0.227. The Bertz CT molecular complexity index is 1270. The molecular formula is C22H19ClN4OS2. The van der Waals surface area contributed by atoms with Gasteiger partial charge in [0, 0.05) is 35.9 Å². The van der Waals surface area contributed by atoms with Gasteiger partial charge >= 0.3 is 0 Å². The predicted octanol–water partition coefficient (Wildman–Crippen LogP) is 5.82. The molecule has 0 radical (unpaired) electrons. The largest absolute Gasteiger partial charge is 0.337 e. The quantitative estimate of drug-likeness (QED) is 0.397. The van der Waals surface area contributed by atoms with Crippen molar-refractivity contribution in [3.63, 3.8) is 0 Å². The Hall–Kier alpha value is -2.48. The standard InChI is InChI=1S/C22H19ClN4OS2/c23-15-6-7-19-17(12-15)25-20(30-19)14-8-10-26(11-9-14)21(28)18-13-24-22(29)27(18)16-4-2-1-3-5-16/h1-7,12-14H,8-11H2,(H,24,29). The van der Waals surface area contributed by atoms with Crippen LogP contribution in [0.15, 0.2) is 54.7 Å². The first-order valence-electron chi connectivity index (χ1n) is 9.81. The molecule has 1 amide bonds. The van der Waals surface area contributed by atoms with Gasteiger partial charge in [0.25, 0.3) is 5.91 Å². The lowest BCUT2D eigenvalue weighted by molar-refractivity contribution is 0.0704. The number of likely N-dealkylation sites (tertiary alicyclic amines) is 1. The van der Waals surface area contributed by atoms with Crippen LogP contribution in [0.25, 0.3) is 15.9 Å². The molecule has 2 aromatic heterocycles. The van der Waals surface area contributed by atoms with Crippen LogP contribution in [0.5, 0.6) is 0 Å². The number of fused-ring (bicyclic) bond motifs is 1. The summed E-state index contributed by atoms with van der Waals surface area (Å²) < 4.78 is 3.48. The number of para-hydroxylation sites is 1. The summed E-state index contributed by atoms with van der Waals surface area (Å²) in [6.45, 7) is 1.40. The van der Waals surface area contributed by atoms with Gasteiger partial charge in [-0.15, -0.1) is 11.3 Å². The molecule has 8 heteroatoms. The van der Waals surface area contributed by atoms with E-state index in [-0.39, 0.29) is 5.91 Å². The molecular weight excluding hydrogens is 436 g/mol. The number of aromatic nitrogens is 3. The monoisotopic (exact) mass is 454 g/mol. The van der Waals surface area contributed by atoms with E-state index in [0.29, 0.717) is 34.5 Å². The highest BCUT2D eigenvalue weighted by molar-refractivity contribution is 7.71. The fourth-order valence-corrected chi connectivity index (χ4v) is 5.49. The minimum atomic E-state index is 0.000680. The van der Waals surface area contributed by atoms with Gasteiger partial charge in [0.15, 0.2) is 4.77 Å². The molecule has 5 rings (SSSR count). The highest BCUT2D eigenvalue weighted by atomic mass is 35.5. The number of carbonyl (C=O) groups is 1. The molecule has 0 atom stereocenters. The van der Waals surface area contributed by atoms with E-state index in [1.807, 2.05) is 53.4 Å². The average molecular weight is 455 g/mol. The second kappa shape index (κ2) is 7.98. The van der Waals surface area contributed by atoms with Crippen molar-refractivity contribution in [1.29, 1.82) is 0 Å². The van der Waals surface area contributed by atoms with Gasteiger partial charge in [-0.1, -0.05) is 29.8 Å². The van der Waals surface area contributed by atoms with Crippen LogP contribution < -0.4 is 0 Å². The van der Waals surface area contributed by atoms with E-state index >= 15 is 0 Å². The van der Waals surface area contributed by atoms with Crippen LogP contribution in [0.2, 0.25) is 5.02 Å². The Kier molecular flexibility index (Phi) is 5.18. The zero-order chi connectivity index (χ0) is 20.7. The lowest BCUT2D eigenvalue weighted by atomic mass is 9.97. The molecule has 1 N–H and O–H groups in total. The number of aromatic amines is 1. The molecule has 0 saturated carbocycles. The van der Waals surface area contributed by atoms with Crippen molar-refractivity contribution in [2.45, 2.75) is 18.8 Å². The Morgan fingerprint density at radius 2 is 1.93 bits per heavy atom. The highest BCUT2D eigenvalue weighted by Crippen LogP contribution is 2.35. The summed E-state index contributed by atoms with van der Waals surface area (Å²) in [7, 11) is 0. The zero-order valence-electron chi connectivity index (χ0n) is 16.0. The SMILES string of the molecule is O=C(c1c[nH]c(=S)n1-c1ccccc1)N1CCC(c2nc3cc(Cl)ccc3s2)CC1. The van der Waals surface area contributed by atoms with Gasteiger partial charge in [0.2, 0.25) is 0 Å². The van der Waals surface area contributed by atoms with E-state index in [9.17, 15) is 4.79 Å². The minimum Gasteiger partial charge on any atom is -0.337 e. The van der Waals surface area contributed by atoms with E-state index in [1.54, 1.807) is 22.1 Å². The molecule has 152 valence electrons. The Morgan fingerprint density at radius 3 is 2.70 bits per heavy atom. The third kappa shape index (κ3) is 3.57. The number of halogens is 1. The molecule has 0 aliphatic carbocycles. The maximum absolute atomic E-state index is 13.2. The second-order valence-electron chi connectivity index (χ2n) is 7.38. The third-order valence-corrected chi connectivity index (χ3v) is 7.24. The maximum Gasteiger partial charge on any atom is 0.272 e. The van der Waals surface area contributed by atoms with Gasteiger partial charge in [-0.25, -0.2) is 4.98 Å². The van der Waals surface area contributed by atoms with Crippen LogP contribution in [0, 0.1) is 4.77 Å². The minimum absolute atomic E-state index is 0.000680. The molecule has 3 heterocycles. The van der Waals surface area contributed by atoms with Crippen molar-refractivity contribution in [1.82, 2.24) is 19.4 Å². The van der Waals surface area contributed by atoms with Gasteiger partial charge in [-0.05, 0) is 55.4 Å². The molecule has 2 aromatic carbocycles. The Labute approximate surface area is 187 Å². The van der Waals surface area contributed by atoms with Crippen LogP contribution in [-0.2, 0) is 0 Å². The molecule has 0 spiro atoms. The van der Waals surface area contributed by atoms with Gasteiger partial charge in [0.1, 0.15) is 5.69 Å². The van der Waals surface area contributed by atoms with Gasteiger partial charge in [0.05, 0.1) is 15.2 Å². The average Bonchev–Trinajstić information content (AvgIpc) is 3.37. The first-order valence-corrected chi connectivity index (χ1v) is 11.4. The molecule has 1 saturated heterocycles. The number of amides is 1. The first kappa shape index (κ1) is 19.5. The number of hydrogen-bond acceptors (Lipinski definition) is 4. The lowest BCUT2D eigenvalue weighted by Crippen LogP contribution is -2.38. The Morgan fingerprint density at radius 1 is 1.17 bits per heavy atom. The number of carbonyl (C=O) groups excluding carboxylic acids is 1. The van der Waals surface area contributed by atoms with Crippen LogP contribution in [-0.4, -0.2) is 38.4 Å². The molecule has 1 fully saturated rings. The molecule has 5 nitrogen and oxygen atoms in total. The molecule has 4 aromatic rings. The topological polar surface area (TPSA) is 53.9 Å². The number of piperidine rings is 1. The van der Waals surface area contributed by atoms with Crippen molar-refractivity contribution in [2.24, 2.45) is 0 Å². The summed E-state index contributed by atoms with van der Waals surface area (Å²) in [6, 6.07) is 15.6. The van der Waals surface area contributed by atoms with E-state index in [4.69, 9.17) is 28.8 Å². The van der Waals surface area contributed by atoms with Crippen molar-refractivity contribution in [3.05, 3.63) is 75.2 Å². The van der Waals surface area contributed by atoms with Crippen molar-refractivity contribution in [3.8, 4) is 5.69 Å². The van der Waals surface area contributed by atoms with Crippen LogP contribution in [0.1, 0.15) is 34.3 Å². The number of H-pyrrole nitrogens is 1. The number of imidazole rings is 1. The summed E-state index contributed by atoms with van der Waals surface area (Å²) in [5.41, 5.74) is 2.41.